The molecule has 2 heterocycles. The van der Waals surface area contributed by atoms with E-state index in [-0.39, 0.29) is 41.1 Å². The molecule has 1 aromatic carbocycles. The molecule has 4 rings (SSSR count). The maximum atomic E-state index is 13.9. The quantitative estimate of drug-likeness (QED) is 0.563. The van der Waals surface area contributed by atoms with Crippen LogP contribution in [-0.4, -0.2) is 25.9 Å². The molecule has 1 atom stereocenters. The van der Waals surface area contributed by atoms with E-state index in [1.807, 2.05) is 19.9 Å². The first-order valence-corrected chi connectivity index (χ1v) is 11.3. The zero-order valence-electron chi connectivity index (χ0n) is 21.1. The Bertz CT molecular complexity index is 1070. The SMILES string of the molecule is CCC(C)(C)Cc1ccc(C)o1.COC.C[C@H]1NC(=O)c2c1ccc(F)c2NC1=C(N)C(=O)C1. The van der Waals surface area contributed by atoms with Gasteiger partial charge in [0.25, 0.3) is 5.91 Å². The van der Waals surface area contributed by atoms with Gasteiger partial charge in [0, 0.05) is 20.6 Å². The molecular formula is C26H36FN3O4. The molecule has 8 heteroatoms. The van der Waals surface area contributed by atoms with Gasteiger partial charge in [-0.2, -0.15) is 0 Å². The Kier molecular flexibility index (Phi) is 9.04. The van der Waals surface area contributed by atoms with Crippen LogP contribution in [0.4, 0.5) is 10.1 Å². The highest BCUT2D eigenvalue weighted by atomic mass is 19.1. The topological polar surface area (TPSA) is 107 Å². The second kappa shape index (κ2) is 11.3. The molecule has 0 saturated heterocycles. The van der Waals surface area contributed by atoms with Gasteiger partial charge < -0.3 is 25.5 Å². The number of hydrogen-bond donors (Lipinski definition) is 3. The molecule has 7 nitrogen and oxygen atoms in total. The number of Topliss-reactive ketones (excluding diaryl/α,β-unsaturated/α-hetero) is 1. The van der Waals surface area contributed by atoms with Crippen LogP contribution < -0.4 is 16.4 Å². The third-order valence-electron chi connectivity index (χ3n) is 5.87. The van der Waals surface area contributed by atoms with E-state index < -0.39 is 5.82 Å². The highest BCUT2D eigenvalue weighted by molar-refractivity contribution is 6.07. The van der Waals surface area contributed by atoms with E-state index in [0.29, 0.717) is 11.1 Å². The van der Waals surface area contributed by atoms with Crippen LogP contribution in [0, 0.1) is 18.2 Å². The number of carbonyl (C=O) groups is 2. The van der Waals surface area contributed by atoms with Crippen LogP contribution in [0.5, 0.6) is 0 Å². The van der Waals surface area contributed by atoms with Gasteiger partial charge in [-0.3, -0.25) is 9.59 Å². The van der Waals surface area contributed by atoms with Gasteiger partial charge in [-0.25, -0.2) is 4.39 Å². The van der Waals surface area contributed by atoms with Crippen molar-refractivity contribution in [3.8, 4) is 0 Å². The van der Waals surface area contributed by atoms with E-state index in [1.54, 1.807) is 20.3 Å². The van der Waals surface area contributed by atoms with Crippen molar-refractivity contribution in [1.82, 2.24) is 5.32 Å². The highest BCUT2D eigenvalue weighted by Gasteiger charge is 2.32. The average molecular weight is 474 g/mol. The van der Waals surface area contributed by atoms with Crippen molar-refractivity contribution in [2.45, 2.75) is 59.9 Å². The molecule has 0 fully saturated rings. The molecule has 4 N–H and O–H groups in total. The summed E-state index contributed by atoms with van der Waals surface area (Å²) < 4.78 is 23.7. The molecule has 0 radical (unpaired) electrons. The first-order valence-electron chi connectivity index (χ1n) is 11.3. The molecule has 0 spiro atoms. The fourth-order valence-corrected chi connectivity index (χ4v) is 3.52. The number of aryl methyl sites for hydroxylation is 1. The highest BCUT2D eigenvalue weighted by Crippen LogP contribution is 2.35. The number of halogens is 1. The van der Waals surface area contributed by atoms with Crippen molar-refractivity contribution >= 4 is 17.4 Å². The maximum Gasteiger partial charge on any atom is 0.254 e. The minimum Gasteiger partial charge on any atom is -0.466 e. The largest absolute Gasteiger partial charge is 0.466 e. The number of hydrogen-bond acceptors (Lipinski definition) is 6. The molecule has 1 amide bonds. The van der Waals surface area contributed by atoms with E-state index in [2.05, 4.69) is 42.2 Å². The predicted octanol–water partition coefficient (Wildman–Crippen LogP) is 5.01. The number of ether oxygens (including phenoxy) is 1. The van der Waals surface area contributed by atoms with Crippen molar-refractivity contribution in [2.24, 2.45) is 11.1 Å². The lowest BCUT2D eigenvalue weighted by Gasteiger charge is -2.21. The number of furan rings is 1. The Balaban J connectivity index is 0.000000234. The second-order valence-electron chi connectivity index (χ2n) is 9.31. The van der Waals surface area contributed by atoms with Gasteiger partial charge >= 0.3 is 0 Å². The summed E-state index contributed by atoms with van der Waals surface area (Å²) >= 11 is 0. The molecule has 34 heavy (non-hydrogen) atoms. The lowest BCUT2D eigenvalue weighted by molar-refractivity contribution is -0.116. The Morgan fingerprint density at radius 2 is 1.88 bits per heavy atom. The lowest BCUT2D eigenvalue weighted by atomic mass is 9.86. The number of allylic oxidation sites excluding steroid dienone is 2. The van der Waals surface area contributed by atoms with Crippen molar-refractivity contribution in [1.29, 1.82) is 0 Å². The summed E-state index contributed by atoms with van der Waals surface area (Å²) in [6.07, 6.45) is 2.37. The van der Waals surface area contributed by atoms with Crippen LogP contribution in [0.1, 0.15) is 74.0 Å². The molecule has 1 aromatic heterocycles. The number of nitrogens with two attached hydrogens (primary N) is 1. The number of fused-ring (bicyclic) bond motifs is 1. The molecule has 0 unspecified atom stereocenters. The number of methoxy groups -OCH3 is 1. The van der Waals surface area contributed by atoms with Crippen molar-refractivity contribution in [2.75, 3.05) is 19.5 Å². The van der Waals surface area contributed by atoms with Crippen LogP contribution in [0.3, 0.4) is 0 Å². The summed E-state index contributed by atoms with van der Waals surface area (Å²) in [4.78, 5) is 22.9. The van der Waals surface area contributed by atoms with Crippen LogP contribution in [-0.2, 0) is 16.0 Å². The number of amides is 1. The molecule has 0 bridgehead atoms. The normalized spacial score (nSPS) is 16.5. The molecule has 2 aromatic rings. The van der Waals surface area contributed by atoms with Crippen LogP contribution in [0.15, 0.2) is 40.1 Å². The van der Waals surface area contributed by atoms with Crippen molar-refractivity contribution < 1.29 is 23.1 Å². The van der Waals surface area contributed by atoms with Crippen molar-refractivity contribution in [3.05, 3.63) is 64.1 Å². The summed E-state index contributed by atoms with van der Waals surface area (Å²) in [6, 6.07) is 6.84. The van der Waals surface area contributed by atoms with Crippen LogP contribution in [0.2, 0.25) is 0 Å². The summed E-state index contributed by atoms with van der Waals surface area (Å²) in [7, 11) is 3.25. The monoisotopic (exact) mass is 473 g/mol. The van der Waals surface area contributed by atoms with Gasteiger partial charge in [0.2, 0.25) is 0 Å². The first-order chi connectivity index (χ1) is 15.9. The van der Waals surface area contributed by atoms with Crippen LogP contribution in [0.25, 0.3) is 0 Å². The standard InChI is InChI=1S/C13H12FN3O2.C11H18O.C2H6O/c1-5-6-2-3-7(14)12(10(6)13(19)16-5)17-8-4-9(18)11(8)15;1-5-11(3,4)8-10-7-6-9(2)12-10;1-3-2/h2-3,5,17H,4,15H2,1H3,(H,16,19);6-7H,5,8H2,1-4H3;1-2H3/t5-;;/m1../s1. The van der Waals surface area contributed by atoms with Gasteiger partial charge in [0.1, 0.15) is 17.3 Å². The maximum absolute atomic E-state index is 13.9. The van der Waals surface area contributed by atoms with Crippen molar-refractivity contribution in [3.63, 3.8) is 0 Å². The third kappa shape index (κ3) is 6.47. The summed E-state index contributed by atoms with van der Waals surface area (Å²) in [6.45, 7) is 10.6. The number of nitrogens with one attached hydrogen (secondary N) is 2. The average Bonchev–Trinajstić information content (AvgIpc) is 3.31. The fourth-order valence-electron chi connectivity index (χ4n) is 3.52. The zero-order valence-corrected chi connectivity index (χ0v) is 21.1. The van der Waals surface area contributed by atoms with Gasteiger partial charge in [-0.1, -0.05) is 33.3 Å². The zero-order chi connectivity index (χ0) is 25.6. The molecule has 0 saturated carbocycles. The van der Waals surface area contributed by atoms with E-state index >= 15 is 0 Å². The summed E-state index contributed by atoms with van der Waals surface area (Å²) in [5.41, 5.74) is 7.55. The van der Waals surface area contributed by atoms with E-state index in [0.717, 1.165) is 23.5 Å². The Morgan fingerprint density at radius 1 is 1.24 bits per heavy atom. The lowest BCUT2D eigenvalue weighted by Crippen LogP contribution is -2.29. The smallest absolute Gasteiger partial charge is 0.254 e. The van der Waals surface area contributed by atoms with Gasteiger partial charge in [0.05, 0.1) is 35.1 Å². The summed E-state index contributed by atoms with van der Waals surface area (Å²) in [5.74, 6) is 1.08. The Morgan fingerprint density at radius 3 is 2.38 bits per heavy atom. The fraction of sp³-hybridized carbons (Fsp3) is 0.462. The van der Waals surface area contributed by atoms with E-state index in [9.17, 15) is 14.0 Å². The molecule has 186 valence electrons. The summed E-state index contributed by atoms with van der Waals surface area (Å²) in [5, 5.41) is 5.50. The number of anilines is 1. The minimum atomic E-state index is -0.539. The van der Waals surface area contributed by atoms with E-state index in [4.69, 9.17) is 10.2 Å². The minimum absolute atomic E-state index is 0.0878. The Hall–Kier alpha value is -3.13. The van der Waals surface area contributed by atoms with Gasteiger partial charge in [-0.15, -0.1) is 0 Å². The van der Waals surface area contributed by atoms with Gasteiger partial charge in [-0.05, 0) is 43.0 Å². The predicted molar refractivity (Wildman–Crippen MR) is 131 cm³/mol. The first kappa shape index (κ1) is 27.1. The molecule has 2 aliphatic rings. The molecular weight excluding hydrogens is 437 g/mol. The molecule has 1 aliphatic carbocycles. The second-order valence-corrected chi connectivity index (χ2v) is 9.31. The third-order valence-corrected chi connectivity index (χ3v) is 5.87. The Labute approximate surface area is 200 Å². The number of rotatable bonds is 5. The number of benzene rings is 1. The molecule has 1 aliphatic heterocycles. The van der Waals surface area contributed by atoms with E-state index in [1.165, 1.54) is 12.5 Å². The van der Waals surface area contributed by atoms with Gasteiger partial charge in [0.15, 0.2) is 5.78 Å². The number of ketones is 1. The number of carbonyl (C=O) groups excluding carboxylic acids is 2. The van der Waals surface area contributed by atoms with Crippen LogP contribution >= 0.6 is 0 Å².